The summed E-state index contributed by atoms with van der Waals surface area (Å²) in [5.74, 6) is 1.91. The Morgan fingerprint density at radius 3 is 1.50 bits per heavy atom. The van der Waals surface area contributed by atoms with Crippen molar-refractivity contribution in [3.63, 3.8) is 0 Å². The summed E-state index contributed by atoms with van der Waals surface area (Å²) in [6, 6.07) is 32.2. The number of benzene rings is 3. The van der Waals surface area contributed by atoms with Gasteiger partial charge in [0.05, 0.1) is 0 Å². The van der Waals surface area contributed by atoms with Gasteiger partial charge in [-0.15, -0.1) is 0 Å². The molecule has 0 N–H and O–H groups in total. The smallest absolute Gasteiger partial charge is 0.0345 e. The lowest BCUT2D eigenvalue weighted by Crippen LogP contribution is -2.07. The summed E-state index contributed by atoms with van der Waals surface area (Å²) in [4.78, 5) is 0. The van der Waals surface area contributed by atoms with Crippen molar-refractivity contribution >= 4 is 0 Å². The van der Waals surface area contributed by atoms with Crippen LogP contribution in [-0.2, 0) is 0 Å². The van der Waals surface area contributed by atoms with Gasteiger partial charge in [0.2, 0.25) is 0 Å². The van der Waals surface area contributed by atoms with Gasteiger partial charge in [0, 0.05) is 5.92 Å². The van der Waals surface area contributed by atoms with Crippen molar-refractivity contribution in [3.8, 4) is 0 Å². The highest BCUT2D eigenvalue weighted by Gasteiger charge is 2.18. The van der Waals surface area contributed by atoms with E-state index < -0.39 is 0 Å². The Hall–Kier alpha value is -2.34. The molecule has 0 amide bonds. The minimum atomic E-state index is 0.497. The first-order chi connectivity index (χ1) is 10.8. The fourth-order valence-corrected chi connectivity index (χ4v) is 2.89. The molecule has 22 heavy (non-hydrogen) atoms. The maximum atomic E-state index is 2.31. The second kappa shape index (κ2) is 7.09. The monoisotopic (exact) mass is 285 g/mol. The van der Waals surface area contributed by atoms with E-state index in [4.69, 9.17) is 0 Å². The topological polar surface area (TPSA) is 0 Å². The van der Waals surface area contributed by atoms with Gasteiger partial charge >= 0.3 is 0 Å². The predicted molar refractivity (Wildman–Crippen MR) is 93.8 cm³/mol. The van der Waals surface area contributed by atoms with E-state index in [-0.39, 0.29) is 0 Å². The van der Waals surface area contributed by atoms with Gasteiger partial charge in [-0.2, -0.15) is 0 Å². The Morgan fingerprint density at radius 1 is 0.636 bits per heavy atom. The Morgan fingerprint density at radius 2 is 1.05 bits per heavy atom. The Bertz CT molecular complexity index is 632. The standard InChI is InChI=1S/C22H21/c1-18(19-11-5-2-6-12-19)17-22(20-13-7-3-8-14-20)21-15-9-4-10-16-21/h2-16,18H,17H2,1H3. The normalized spacial score (nSPS) is 12.3. The molecule has 3 aromatic carbocycles. The summed E-state index contributed by atoms with van der Waals surface area (Å²) in [5, 5.41) is 0. The van der Waals surface area contributed by atoms with Crippen LogP contribution in [0.2, 0.25) is 0 Å². The molecule has 0 heteroatoms. The van der Waals surface area contributed by atoms with E-state index in [1.165, 1.54) is 22.6 Å². The molecule has 0 spiro atoms. The van der Waals surface area contributed by atoms with Crippen LogP contribution in [0.5, 0.6) is 0 Å². The molecule has 109 valence electrons. The van der Waals surface area contributed by atoms with Crippen LogP contribution in [0.1, 0.15) is 36.0 Å². The van der Waals surface area contributed by atoms with E-state index in [0.717, 1.165) is 6.42 Å². The zero-order valence-corrected chi connectivity index (χ0v) is 12.9. The highest BCUT2D eigenvalue weighted by molar-refractivity contribution is 5.46. The van der Waals surface area contributed by atoms with E-state index in [1.54, 1.807) is 0 Å². The second-order valence-electron chi connectivity index (χ2n) is 5.73. The molecule has 0 aliphatic carbocycles. The fraction of sp³-hybridized carbons (Fsp3) is 0.136. The summed E-state index contributed by atoms with van der Waals surface area (Å²) in [6.07, 6.45) is 1.04. The maximum absolute atomic E-state index is 2.31. The first kappa shape index (κ1) is 14.6. The van der Waals surface area contributed by atoms with Gasteiger partial charge in [0.1, 0.15) is 0 Å². The summed E-state index contributed by atoms with van der Waals surface area (Å²) in [5.41, 5.74) is 4.03. The molecular formula is C22H21. The lowest BCUT2D eigenvalue weighted by molar-refractivity contribution is 0.718. The first-order valence-electron chi connectivity index (χ1n) is 7.86. The SMILES string of the molecule is CC(C[C](c1ccccc1)c1ccccc1)c1ccccc1. The van der Waals surface area contributed by atoms with E-state index in [1.807, 2.05) is 0 Å². The van der Waals surface area contributed by atoms with E-state index in [9.17, 15) is 0 Å². The fourth-order valence-electron chi connectivity index (χ4n) is 2.89. The van der Waals surface area contributed by atoms with Crippen LogP contribution in [0.3, 0.4) is 0 Å². The number of hydrogen-bond acceptors (Lipinski definition) is 0. The van der Waals surface area contributed by atoms with Crippen LogP contribution in [-0.4, -0.2) is 0 Å². The molecule has 3 rings (SSSR count). The molecule has 1 unspecified atom stereocenters. The van der Waals surface area contributed by atoms with Gasteiger partial charge in [0.25, 0.3) is 0 Å². The van der Waals surface area contributed by atoms with Crippen molar-refractivity contribution in [1.82, 2.24) is 0 Å². The molecule has 0 saturated heterocycles. The average Bonchev–Trinajstić information content (AvgIpc) is 2.62. The van der Waals surface area contributed by atoms with Crippen molar-refractivity contribution in [3.05, 3.63) is 114 Å². The van der Waals surface area contributed by atoms with Crippen molar-refractivity contribution in [1.29, 1.82) is 0 Å². The average molecular weight is 285 g/mol. The van der Waals surface area contributed by atoms with E-state index in [2.05, 4.69) is 97.9 Å². The van der Waals surface area contributed by atoms with Crippen LogP contribution in [0.15, 0.2) is 91.0 Å². The molecule has 0 aromatic heterocycles. The minimum absolute atomic E-state index is 0.497. The van der Waals surface area contributed by atoms with Gasteiger partial charge < -0.3 is 0 Å². The third-order valence-corrected chi connectivity index (χ3v) is 4.12. The van der Waals surface area contributed by atoms with Crippen molar-refractivity contribution in [2.24, 2.45) is 0 Å². The predicted octanol–water partition coefficient (Wildman–Crippen LogP) is 5.85. The molecule has 0 heterocycles. The van der Waals surface area contributed by atoms with E-state index in [0.29, 0.717) is 5.92 Å². The number of rotatable bonds is 5. The Kier molecular flexibility index (Phi) is 4.70. The van der Waals surface area contributed by atoms with Crippen LogP contribution < -0.4 is 0 Å². The van der Waals surface area contributed by atoms with Crippen molar-refractivity contribution < 1.29 is 0 Å². The molecule has 1 atom stereocenters. The second-order valence-corrected chi connectivity index (χ2v) is 5.73. The third kappa shape index (κ3) is 3.46. The van der Waals surface area contributed by atoms with Gasteiger partial charge in [-0.3, -0.25) is 0 Å². The summed E-state index contributed by atoms with van der Waals surface area (Å²) in [6.45, 7) is 2.31. The third-order valence-electron chi connectivity index (χ3n) is 4.12. The first-order valence-corrected chi connectivity index (χ1v) is 7.86. The lowest BCUT2D eigenvalue weighted by atomic mass is 9.82. The highest BCUT2D eigenvalue weighted by Crippen LogP contribution is 2.33. The minimum Gasteiger partial charge on any atom is -0.0622 e. The highest BCUT2D eigenvalue weighted by atomic mass is 14.2. The van der Waals surface area contributed by atoms with Crippen LogP contribution >= 0.6 is 0 Å². The van der Waals surface area contributed by atoms with Crippen molar-refractivity contribution in [2.75, 3.05) is 0 Å². The van der Waals surface area contributed by atoms with Crippen LogP contribution in [0.25, 0.3) is 0 Å². The molecule has 0 aliphatic heterocycles. The molecule has 0 nitrogen and oxygen atoms in total. The van der Waals surface area contributed by atoms with Gasteiger partial charge in [0.15, 0.2) is 0 Å². The number of hydrogen-bond donors (Lipinski definition) is 0. The lowest BCUT2D eigenvalue weighted by Gasteiger charge is -2.22. The maximum Gasteiger partial charge on any atom is 0.0345 e. The molecule has 0 fully saturated rings. The largest absolute Gasteiger partial charge is 0.0622 e. The zero-order valence-electron chi connectivity index (χ0n) is 12.9. The van der Waals surface area contributed by atoms with Gasteiger partial charge in [-0.05, 0) is 29.0 Å². The Balaban J connectivity index is 1.90. The zero-order chi connectivity index (χ0) is 15.2. The molecule has 3 aromatic rings. The molecule has 0 bridgehead atoms. The molecular weight excluding hydrogens is 264 g/mol. The molecule has 1 radical (unpaired) electrons. The Labute approximate surface area is 133 Å². The molecule has 0 aliphatic rings. The molecule has 0 saturated carbocycles. The quantitative estimate of drug-likeness (QED) is 0.551. The van der Waals surface area contributed by atoms with Gasteiger partial charge in [-0.1, -0.05) is 97.9 Å². The summed E-state index contributed by atoms with van der Waals surface area (Å²) in [7, 11) is 0. The van der Waals surface area contributed by atoms with Crippen LogP contribution in [0.4, 0.5) is 0 Å². The van der Waals surface area contributed by atoms with Crippen molar-refractivity contribution in [2.45, 2.75) is 19.3 Å². The van der Waals surface area contributed by atoms with Gasteiger partial charge in [-0.25, -0.2) is 0 Å². The van der Waals surface area contributed by atoms with Crippen LogP contribution in [0, 0.1) is 5.92 Å². The van der Waals surface area contributed by atoms with E-state index >= 15 is 0 Å². The summed E-state index contributed by atoms with van der Waals surface area (Å²) < 4.78 is 0. The summed E-state index contributed by atoms with van der Waals surface area (Å²) >= 11 is 0.